The number of hydrogen-bond acceptors (Lipinski definition) is 7. The Kier molecular flexibility index (Phi) is 4.49. The Labute approximate surface area is 147 Å². The first kappa shape index (κ1) is 16.8. The van der Waals surface area contributed by atoms with Gasteiger partial charge >= 0.3 is 6.08 Å². The van der Waals surface area contributed by atoms with Crippen LogP contribution in [-0.4, -0.2) is 48.5 Å². The van der Waals surface area contributed by atoms with E-state index in [2.05, 4.69) is 15.0 Å². The van der Waals surface area contributed by atoms with E-state index in [0.717, 1.165) is 5.56 Å². The largest absolute Gasteiger partial charge is 0.471 e. The molecule has 1 saturated heterocycles. The molecular weight excluding hydrogens is 343 g/mol. The van der Waals surface area contributed by atoms with Gasteiger partial charge in [-0.15, -0.1) is 0 Å². The molecule has 0 amide bonds. The lowest BCUT2D eigenvalue weighted by Gasteiger charge is -2.13. The lowest BCUT2D eigenvalue weighted by atomic mass is 10.2. The maximum absolute atomic E-state index is 13.9. The summed E-state index contributed by atoms with van der Waals surface area (Å²) in [5.41, 5.74) is 1.41. The summed E-state index contributed by atoms with van der Waals surface area (Å²) in [5, 5.41) is 19.1. The van der Waals surface area contributed by atoms with Gasteiger partial charge < -0.3 is 19.7 Å². The van der Waals surface area contributed by atoms with E-state index >= 15 is 0 Å². The van der Waals surface area contributed by atoms with Gasteiger partial charge in [0.15, 0.2) is 11.2 Å². The van der Waals surface area contributed by atoms with Gasteiger partial charge in [0.05, 0.1) is 19.0 Å². The molecular formula is C17H17FN4O4. The Bertz CT molecular complexity index is 904. The van der Waals surface area contributed by atoms with Crippen molar-refractivity contribution in [3.63, 3.8) is 0 Å². The van der Waals surface area contributed by atoms with Crippen LogP contribution < -0.4 is 4.74 Å². The van der Waals surface area contributed by atoms with Crippen molar-refractivity contribution in [1.29, 1.82) is 0 Å². The number of nitrogens with zero attached hydrogens (tertiary/aromatic N) is 4. The van der Waals surface area contributed by atoms with Crippen LogP contribution in [0.1, 0.15) is 18.2 Å². The molecule has 4 rings (SSSR count). The molecule has 1 aliphatic rings. The average Bonchev–Trinajstić information content (AvgIpc) is 3.23. The average molecular weight is 360 g/mol. The number of hydrogen-bond donors (Lipinski definition) is 2. The Balaban J connectivity index is 1.63. The van der Waals surface area contributed by atoms with Crippen molar-refractivity contribution in [3.8, 4) is 5.88 Å². The molecule has 3 atom stereocenters. The fraction of sp³-hybridized carbons (Fsp3) is 0.353. The van der Waals surface area contributed by atoms with Crippen molar-refractivity contribution < 1.29 is 24.1 Å². The zero-order valence-electron chi connectivity index (χ0n) is 13.7. The number of benzene rings is 1. The number of imidazole rings is 1. The number of aromatic nitrogens is 4. The molecule has 1 fully saturated rings. The van der Waals surface area contributed by atoms with Crippen molar-refractivity contribution in [3.05, 3.63) is 48.3 Å². The van der Waals surface area contributed by atoms with Crippen LogP contribution in [0.2, 0.25) is 0 Å². The lowest BCUT2D eigenvalue weighted by molar-refractivity contribution is -0.0432. The van der Waals surface area contributed by atoms with Crippen LogP contribution in [0.25, 0.3) is 11.2 Å². The van der Waals surface area contributed by atoms with Gasteiger partial charge in [0.2, 0.25) is 5.88 Å². The van der Waals surface area contributed by atoms with Crippen LogP contribution in [0, 0.1) is 6.08 Å². The normalized spacial score (nSPS) is 22.8. The number of ether oxygens (including phenoxy) is 2. The van der Waals surface area contributed by atoms with Crippen molar-refractivity contribution in [2.24, 2.45) is 0 Å². The topological polar surface area (TPSA) is 103 Å². The molecule has 0 aliphatic carbocycles. The molecule has 1 aromatic carbocycles. The molecule has 3 heterocycles. The molecule has 2 N–H and O–H groups in total. The van der Waals surface area contributed by atoms with Crippen LogP contribution in [-0.2, 0) is 11.3 Å². The second kappa shape index (κ2) is 6.94. The smallest absolute Gasteiger partial charge is 0.314 e. The van der Waals surface area contributed by atoms with E-state index in [9.17, 15) is 14.6 Å². The first-order valence-corrected chi connectivity index (χ1v) is 8.17. The van der Waals surface area contributed by atoms with Crippen LogP contribution in [0.3, 0.4) is 0 Å². The highest BCUT2D eigenvalue weighted by Crippen LogP contribution is 2.32. The minimum atomic E-state index is -0.945. The molecule has 9 heteroatoms. The van der Waals surface area contributed by atoms with E-state index < -0.39 is 24.5 Å². The van der Waals surface area contributed by atoms with Gasteiger partial charge in [0, 0.05) is 6.42 Å². The van der Waals surface area contributed by atoms with Gasteiger partial charge in [0.25, 0.3) is 0 Å². The molecule has 0 unspecified atom stereocenters. The second-order valence-corrected chi connectivity index (χ2v) is 6.01. The summed E-state index contributed by atoms with van der Waals surface area (Å²) in [6, 6.07) is 9.42. The van der Waals surface area contributed by atoms with Gasteiger partial charge in [-0.1, -0.05) is 30.3 Å². The predicted octanol–water partition coefficient (Wildman–Crippen LogP) is 1.19. The molecule has 0 saturated carbocycles. The van der Waals surface area contributed by atoms with E-state index in [1.807, 2.05) is 30.3 Å². The fourth-order valence-electron chi connectivity index (χ4n) is 2.95. The van der Waals surface area contributed by atoms with Gasteiger partial charge in [-0.25, -0.2) is 4.98 Å². The zero-order chi connectivity index (χ0) is 18.1. The first-order chi connectivity index (χ1) is 12.7. The molecule has 26 heavy (non-hydrogen) atoms. The molecule has 2 aromatic heterocycles. The van der Waals surface area contributed by atoms with E-state index in [-0.39, 0.29) is 31.2 Å². The number of aliphatic hydroxyl groups is 2. The summed E-state index contributed by atoms with van der Waals surface area (Å²) >= 11 is 0. The maximum Gasteiger partial charge on any atom is 0.314 e. The standard InChI is InChI=1S/C17H17FN4O4/c18-17-20-15-14(16(21-17)25-8-10-4-2-1-3-5-10)19-9-22(15)13-6-11(24)12(7-23)26-13/h1-5,9,11-13,23-24H,6-8H2/t11-,12+,13+/m0/s1. The Morgan fingerprint density at radius 3 is 2.81 bits per heavy atom. The van der Waals surface area contributed by atoms with E-state index in [4.69, 9.17) is 9.47 Å². The fourth-order valence-corrected chi connectivity index (χ4v) is 2.95. The number of halogens is 1. The van der Waals surface area contributed by atoms with Crippen molar-refractivity contribution in [2.45, 2.75) is 31.5 Å². The minimum absolute atomic E-state index is 0.0346. The highest BCUT2D eigenvalue weighted by molar-refractivity contribution is 5.76. The third-order valence-electron chi connectivity index (χ3n) is 4.27. The summed E-state index contributed by atoms with van der Waals surface area (Å²) in [6.07, 6.45) is -1.39. The first-order valence-electron chi connectivity index (χ1n) is 8.17. The summed E-state index contributed by atoms with van der Waals surface area (Å²) in [7, 11) is 0. The van der Waals surface area contributed by atoms with Crippen LogP contribution in [0.4, 0.5) is 4.39 Å². The van der Waals surface area contributed by atoms with Gasteiger partial charge in [-0.2, -0.15) is 14.4 Å². The van der Waals surface area contributed by atoms with Crippen LogP contribution in [0.15, 0.2) is 36.7 Å². The molecule has 0 radical (unpaired) electrons. The van der Waals surface area contributed by atoms with Crippen molar-refractivity contribution >= 4 is 11.2 Å². The summed E-state index contributed by atoms with van der Waals surface area (Å²) < 4.78 is 26.6. The lowest BCUT2D eigenvalue weighted by Crippen LogP contribution is -2.24. The Hall–Kier alpha value is -2.62. The number of rotatable bonds is 5. The molecule has 8 nitrogen and oxygen atoms in total. The number of fused-ring (bicyclic) bond motifs is 1. The minimum Gasteiger partial charge on any atom is -0.471 e. The van der Waals surface area contributed by atoms with Crippen molar-refractivity contribution in [1.82, 2.24) is 19.5 Å². The van der Waals surface area contributed by atoms with E-state index in [1.165, 1.54) is 10.9 Å². The third kappa shape index (κ3) is 3.12. The Morgan fingerprint density at radius 2 is 2.08 bits per heavy atom. The molecule has 0 bridgehead atoms. The molecule has 136 valence electrons. The van der Waals surface area contributed by atoms with Gasteiger partial charge in [0.1, 0.15) is 18.9 Å². The maximum atomic E-state index is 13.9. The molecule has 1 aliphatic heterocycles. The highest BCUT2D eigenvalue weighted by atomic mass is 19.1. The quantitative estimate of drug-likeness (QED) is 0.659. The van der Waals surface area contributed by atoms with Crippen molar-refractivity contribution in [2.75, 3.05) is 6.61 Å². The SMILES string of the molecule is OC[C@H]1O[C@@H](n2cnc3c(OCc4ccccc4)nc(F)nc32)C[C@@H]1O. The van der Waals surface area contributed by atoms with Gasteiger partial charge in [-0.05, 0) is 5.56 Å². The summed E-state index contributed by atoms with van der Waals surface area (Å²) in [5.74, 6) is 0.0346. The zero-order valence-corrected chi connectivity index (χ0v) is 13.7. The van der Waals surface area contributed by atoms with Crippen LogP contribution >= 0.6 is 0 Å². The van der Waals surface area contributed by atoms with Crippen LogP contribution in [0.5, 0.6) is 5.88 Å². The second-order valence-electron chi connectivity index (χ2n) is 6.01. The highest BCUT2D eigenvalue weighted by Gasteiger charge is 2.35. The summed E-state index contributed by atoms with van der Waals surface area (Å²) in [4.78, 5) is 11.7. The van der Waals surface area contributed by atoms with E-state index in [1.54, 1.807) is 0 Å². The molecule has 0 spiro atoms. The predicted molar refractivity (Wildman–Crippen MR) is 87.7 cm³/mol. The summed E-state index contributed by atoms with van der Waals surface area (Å²) in [6.45, 7) is -0.0937. The number of aliphatic hydroxyl groups excluding tert-OH is 2. The Morgan fingerprint density at radius 1 is 1.27 bits per heavy atom. The molecule has 3 aromatic rings. The van der Waals surface area contributed by atoms with Gasteiger partial charge in [-0.3, -0.25) is 4.57 Å². The monoisotopic (exact) mass is 360 g/mol. The third-order valence-corrected chi connectivity index (χ3v) is 4.27. The van der Waals surface area contributed by atoms with E-state index in [0.29, 0.717) is 5.52 Å².